The van der Waals surface area contributed by atoms with Gasteiger partial charge in [0.05, 0.1) is 19.5 Å². The molecule has 1 aromatic heterocycles. The van der Waals surface area contributed by atoms with Crippen molar-refractivity contribution < 1.29 is 13.9 Å². The van der Waals surface area contributed by atoms with Crippen molar-refractivity contribution in [3.8, 4) is 0 Å². The summed E-state index contributed by atoms with van der Waals surface area (Å²) in [4.78, 5) is 0. The van der Waals surface area contributed by atoms with Gasteiger partial charge in [-0.25, -0.2) is 0 Å². The van der Waals surface area contributed by atoms with Gasteiger partial charge in [-0.1, -0.05) is 13.8 Å². The summed E-state index contributed by atoms with van der Waals surface area (Å²) in [6, 6.07) is 2.54. The largest absolute Gasteiger partial charge is 0.467 e. The van der Waals surface area contributed by atoms with Gasteiger partial charge in [0.2, 0.25) is 0 Å². The van der Waals surface area contributed by atoms with E-state index in [1.54, 1.807) is 6.26 Å². The Hall–Kier alpha value is -0.840. The molecule has 0 aromatic carbocycles. The highest BCUT2D eigenvalue weighted by molar-refractivity contribution is 5.12. The lowest BCUT2D eigenvalue weighted by atomic mass is 10.1. The predicted octanol–water partition coefficient (Wildman–Crippen LogP) is 2.33. The summed E-state index contributed by atoms with van der Waals surface area (Å²) in [6.07, 6.45) is 2.91. The fraction of sp³-hybridized carbons (Fsp3) is 0.714. The minimum absolute atomic E-state index is 0.488. The lowest BCUT2D eigenvalue weighted by molar-refractivity contribution is 0.0691. The second-order valence-electron chi connectivity index (χ2n) is 5.20. The Morgan fingerprint density at radius 2 is 2.39 bits per heavy atom. The van der Waals surface area contributed by atoms with Crippen LogP contribution in [0.2, 0.25) is 0 Å². The van der Waals surface area contributed by atoms with Crippen LogP contribution in [0.25, 0.3) is 0 Å². The molecular weight excluding hydrogens is 230 g/mol. The van der Waals surface area contributed by atoms with Gasteiger partial charge in [0.15, 0.2) is 0 Å². The number of ether oxygens (including phenoxy) is 2. The van der Waals surface area contributed by atoms with Crippen LogP contribution in [-0.2, 0) is 22.6 Å². The summed E-state index contributed by atoms with van der Waals surface area (Å²) in [5, 5.41) is 3.36. The van der Waals surface area contributed by atoms with Crippen molar-refractivity contribution in [2.45, 2.75) is 39.5 Å². The monoisotopic (exact) mass is 253 g/mol. The Labute approximate surface area is 109 Å². The van der Waals surface area contributed by atoms with Gasteiger partial charge < -0.3 is 19.2 Å². The van der Waals surface area contributed by atoms with Crippen LogP contribution in [0.1, 0.15) is 31.6 Å². The van der Waals surface area contributed by atoms with E-state index in [4.69, 9.17) is 13.9 Å². The topological polar surface area (TPSA) is 43.6 Å². The third-order valence-corrected chi connectivity index (χ3v) is 3.04. The Kier molecular flexibility index (Phi) is 5.23. The van der Waals surface area contributed by atoms with Crippen molar-refractivity contribution in [1.82, 2.24) is 5.32 Å². The first-order valence-corrected chi connectivity index (χ1v) is 6.69. The highest BCUT2D eigenvalue weighted by Gasteiger charge is 2.15. The standard InChI is InChI=1S/C14H23NO3/c1-11(2)15-6-13-5-14(18-9-13)10-17-8-12-3-4-16-7-12/h5,9,11-12,15H,3-4,6-8,10H2,1-2H3. The molecule has 0 amide bonds. The van der Waals surface area contributed by atoms with Crippen molar-refractivity contribution >= 4 is 0 Å². The van der Waals surface area contributed by atoms with Gasteiger partial charge in [-0.3, -0.25) is 0 Å². The Morgan fingerprint density at radius 1 is 1.50 bits per heavy atom. The van der Waals surface area contributed by atoms with E-state index in [1.165, 1.54) is 5.56 Å². The summed E-state index contributed by atoms with van der Waals surface area (Å²) in [6.45, 7) is 8.14. The van der Waals surface area contributed by atoms with E-state index in [9.17, 15) is 0 Å². The number of rotatable bonds is 7. The lowest BCUT2D eigenvalue weighted by Crippen LogP contribution is -2.21. The number of nitrogens with one attached hydrogen (secondary N) is 1. The fourth-order valence-corrected chi connectivity index (χ4v) is 1.96. The van der Waals surface area contributed by atoms with Crippen molar-refractivity contribution in [2.24, 2.45) is 5.92 Å². The zero-order valence-corrected chi connectivity index (χ0v) is 11.3. The molecule has 0 saturated carbocycles. The van der Waals surface area contributed by atoms with Crippen LogP contribution in [0.15, 0.2) is 16.7 Å². The molecule has 2 heterocycles. The average molecular weight is 253 g/mol. The molecule has 4 heteroatoms. The molecule has 1 saturated heterocycles. The maximum atomic E-state index is 5.65. The molecule has 102 valence electrons. The second-order valence-corrected chi connectivity index (χ2v) is 5.20. The fourth-order valence-electron chi connectivity index (χ4n) is 1.96. The van der Waals surface area contributed by atoms with Crippen LogP contribution in [0, 0.1) is 5.92 Å². The molecule has 0 bridgehead atoms. The molecule has 1 aromatic rings. The van der Waals surface area contributed by atoms with Gasteiger partial charge in [-0.15, -0.1) is 0 Å². The number of hydrogen-bond donors (Lipinski definition) is 1. The first-order chi connectivity index (χ1) is 8.74. The molecule has 0 aliphatic carbocycles. The average Bonchev–Trinajstić information content (AvgIpc) is 2.97. The molecular formula is C14H23NO3. The summed E-state index contributed by atoms with van der Waals surface area (Å²) in [5.41, 5.74) is 1.17. The molecule has 18 heavy (non-hydrogen) atoms. The molecule has 1 N–H and O–H groups in total. The van der Waals surface area contributed by atoms with Crippen molar-refractivity contribution in [1.29, 1.82) is 0 Å². The zero-order chi connectivity index (χ0) is 12.8. The number of hydrogen-bond acceptors (Lipinski definition) is 4. The highest BCUT2D eigenvalue weighted by atomic mass is 16.5. The third-order valence-electron chi connectivity index (χ3n) is 3.04. The summed E-state index contributed by atoms with van der Waals surface area (Å²) in [7, 11) is 0. The third kappa shape index (κ3) is 4.44. The lowest BCUT2D eigenvalue weighted by Gasteiger charge is -2.07. The molecule has 1 unspecified atom stereocenters. The van der Waals surface area contributed by atoms with E-state index in [1.807, 2.05) is 0 Å². The highest BCUT2D eigenvalue weighted by Crippen LogP contribution is 2.14. The quantitative estimate of drug-likeness (QED) is 0.810. The smallest absolute Gasteiger partial charge is 0.129 e. The Morgan fingerprint density at radius 3 is 3.11 bits per heavy atom. The van der Waals surface area contributed by atoms with Crippen LogP contribution >= 0.6 is 0 Å². The van der Waals surface area contributed by atoms with E-state index in [0.717, 1.165) is 38.5 Å². The molecule has 4 nitrogen and oxygen atoms in total. The van der Waals surface area contributed by atoms with Crippen LogP contribution in [0.5, 0.6) is 0 Å². The van der Waals surface area contributed by atoms with E-state index < -0.39 is 0 Å². The molecule has 1 atom stereocenters. The minimum atomic E-state index is 0.488. The van der Waals surface area contributed by atoms with E-state index in [-0.39, 0.29) is 0 Å². The van der Waals surface area contributed by atoms with Crippen LogP contribution in [0.3, 0.4) is 0 Å². The predicted molar refractivity (Wildman–Crippen MR) is 69.3 cm³/mol. The Balaban J connectivity index is 1.66. The first kappa shape index (κ1) is 13.6. The molecule has 0 radical (unpaired) electrons. The second kappa shape index (κ2) is 6.92. The molecule has 1 aliphatic heterocycles. The van der Waals surface area contributed by atoms with E-state index >= 15 is 0 Å². The summed E-state index contributed by atoms with van der Waals surface area (Å²) in [5.74, 6) is 1.46. The molecule has 2 rings (SSSR count). The van der Waals surface area contributed by atoms with Crippen molar-refractivity contribution in [2.75, 3.05) is 19.8 Å². The maximum Gasteiger partial charge on any atom is 0.129 e. The van der Waals surface area contributed by atoms with Crippen LogP contribution in [0.4, 0.5) is 0 Å². The van der Waals surface area contributed by atoms with Gasteiger partial charge >= 0.3 is 0 Å². The summed E-state index contributed by atoms with van der Waals surface area (Å²) < 4.78 is 16.4. The van der Waals surface area contributed by atoms with Crippen LogP contribution < -0.4 is 5.32 Å². The van der Waals surface area contributed by atoms with Gasteiger partial charge in [-0.2, -0.15) is 0 Å². The first-order valence-electron chi connectivity index (χ1n) is 6.69. The normalized spacial score (nSPS) is 19.8. The van der Waals surface area contributed by atoms with Gasteiger partial charge in [0.25, 0.3) is 0 Å². The minimum Gasteiger partial charge on any atom is -0.467 e. The zero-order valence-electron chi connectivity index (χ0n) is 11.3. The van der Waals surface area contributed by atoms with Crippen molar-refractivity contribution in [3.05, 3.63) is 23.7 Å². The van der Waals surface area contributed by atoms with E-state index in [0.29, 0.717) is 18.6 Å². The SMILES string of the molecule is CC(C)NCc1coc(COCC2CCOC2)c1. The molecule has 1 aliphatic rings. The molecule has 1 fully saturated rings. The maximum absolute atomic E-state index is 5.65. The number of furan rings is 1. The van der Waals surface area contributed by atoms with E-state index in [2.05, 4.69) is 25.2 Å². The van der Waals surface area contributed by atoms with Gasteiger partial charge in [0, 0.05) is 30.7 Å². The molecule has 0 spiro atoms. The van der Waals surface area contributed by atoms with Gasteiger partial charge in [-0.05, 0) is 12.5 Å². The van der Waals surface area contributed by atoms with Crippen LogP contribution in [-0.4, -0.2) is 25.9 Å². The van der Waals surface area contributed by atoms with Gasteiger partial charge in [0.1, 0.15) is 12.4 Å². The Bertz CT molecular complexity index is 343. The van der Waals surface area contributed by atoms with Crippen molar-refractivity contribution in [3.63, 3.8) is 0 Å². The summed E-state index contributed by atoms with van der Waals surface area (Å²) >= 11 is 0.